The van der Waals surface area contributed by atoms with E-state index in [2.05, 4.69) is 38.0 Å². The van der Waals surface area contributed by atoms with Gasteiger partial charge in [-0.2, -0.15) is 0 Å². The lowest BCUT2D eigenvalue weighted by Gasteiger charge is -2.27. The van der Waals surface area contributed by atoms with Gasteiger partial charge in [-0.3, -0.25) is 14.7 Å². The molecule has 0 radical (unpaired) electrons. The summed E-state index contributed by atoms with van der Waals surface area (Å²) in [5.74, 6) is 0.337. The number of nitrogens with one attached hydrogen (secondary N) is 2. The number of aliphatic imine (C=N–C) groups is 1. The molecule has 27 heavy (non-hydrogen) atoms. The van der Waals surface area contributed by atoms with E-state index in [1.807, 2.05) is 12.1 Å². The third kappa shape index (κ3) is 5.30. The first kappa shape index (κ1) is 19.4. The van der Waals surface area contributed by atoms with Gasteiger partial charge >= 0.3 is 0 Å². The number of guanidine groups is 1. The van der Waals surface area contributed by atoms with Crippen LogP contribution in [-0.4, -0.2) is 43.4 Å². The molecule has 3 rings (SSSR count). The van der Waals surface area contributed by atoms with E-state index in [0.717, 1.165) is 31.2 Å². The molecular weight excluding hydrogens is 358 g/mol. The molecule has 2 aromatic rings. The molecule has 6 nitrogen and oxygen atoms in total. The average Bonchev–Trinajstić information content (AvgIpc) is 3.39. The molecule has 0 aliphatic carbocycles. The van der Waals surface area contributed by atoms with Crippen molar-refractivity contribution in [3.05, 3.63) is 57.8 Å². The second-order valence-corrected chi connectivity index (χ2v) is 7.62. The van der Waals surface area contributed by atoms with Crippen molar-refractivity contribution in [2.24, 2.45) is 10.7 Å². The van der Waals surface area contributed by atoms with E-state index in [9.17, 15) is 4.79 Å². The molecule has 0 spiro atoms. The maximum Gasteiger partial charge on any atom is 0.248 e. The normalized spacial score (nSPS) is 16.3. The van der Waals surface area contributed by atoms with E-state index in [-0.39, 0.29) is 0 Å². The van der Waals surface area contributed by atoms with Gasteiger partial charge in [0.15, 0.2) is 5.96 Å². The van der Waals surface area contributed by atoms with Crippen LogP contribution in [0.15, 0.2) is 46.8 Å². The maximum absolute atomic E-state index is 11.3. The zero-order valence-electron chi connectivity index (χ0n) is 15.6. The molecule has 1 aromatic carbocycles. The number of benzene rings is 1. The molecule has 1 atom stereocenters. The summed E-state index contributed by atoms with van der Waals surface area (Å²) in [5.41, 5.74) is 6.86. The van der Waals surface area contributed by atoms with Crippen LogP contribution in [0.1, 0.15) is 39.7 Å². The molecule has 4 N–H and O–H groups in total. The second kappa shape index (κ2) is 9.53. The van der Waals surface area contributed by atoms with Gasteiger partial charge in [-0.1, -0.05) is 18.2 Å². The Hall–Kier alpha value is -2.38. The summed E-state index contributed by atoms with van der Waals surface area (Å²) in [5, 5.41) is 8.91. The molecule has 0 saturated carbocycles. The van der Waals surface area contributed by atoms with Gasteiger partial charge in [-0.25, -0.2) is 0 Å². The molecule has 1 unspecified atom stereocenters. The minimum atomic E-state index is -0.413. The first-order valence-corrected chi connectivity index (χ1v) is 10.2. The van der Waals surface area contributed by atoms with Crippen molar-refractivity contribution in [1.29, 1.82) is 0 Å². The first-order valence-electron chi connectivity index (χ1n) is 9.28. The number of nitrogens with zero attached hydrogens (tertiary/aromatic N) is 2. The fourth-order valence-electron chi connectivity index (χ4n) is 3.38. The lowest BCUT2D eigenvalue weighted by atomic mass is 10.1. The summed E-state index contributed by atoms with van der Waals surface area (Å²) in [4.78, 5) is 19.6. The zero-order chi connectivity index (χ0) is 19.1. The molecule has 7 heteroatoms. The fraction of sp³-hybridized carbons (Fsp3) is 0.400. The standard InChI is InChI=1S/C20H27N5OS/c1-22-20(23-13-15-6-4-7-16(12-15)19(21)26)24-14-17(18-8-5-11-27-18)25-9-2-3-10-25/h4-8,11-12,17H,2-3,9-10,13-14H2,1H3,(H2,21,26)(H2,22,23,24). The number of hydrogen-bond acceptors (Lipinski definition) is 4. The van der Waals surface area contributed by atoms with Gasteiger partial charge in [-0.15, -0.1) is 11.3 Å². The number of primary amides is 1. The monoisotopic (exact) mass is 385 g/mol. The molecule has 1 saturated heterocycles. The smallest absolute Gasteiger partial charge is 0.248 e. The molecule has 2 heterocycles. The molecule has 0 bridgehead atoms. The summed E-state index contributed by atoms with van der Waals surface area (Å²) in [7, 11) is 1.77. The lowest BCUT2D eigenvalue weighted by Crippen LogP contribution is -2.42. The quantitative estimate of drug-likeness (QED) is 0.505. The number of likely N-dealkylation sites (tertiary alicyclic amines) is 1. The molecule has 1 fully saturated rings. The van der Waals surface area contributed by atoms with E-state index >= 15 is 0 Å². The van der Waals surface area contributed by atoms with Crippen LogP contribution in [0, 0.1) is 0 Å². The minimum Gasteiger partial charge on any atom is -0.366 e. The van der Waals surface area contributed by atoms with Crippen molar-refractivity contribution >= 4 is 23.2 Å². The predicted molar refractivity (Wildman–Crippen MR) is 111 cm³/mol. The predicted octanol–water partition coefficient (Wildman–Crippen LogP) is 2.35. The van der Waals surface area contributed by atoms with E-state index in [1.165, 1.54) is 17.7 Å². The lowest BCUT2D eigenvalue weighted by molar-refractivity contribution is 0.1000. The molecule has 144 valence electrons. The molecule has 1 aliphatic heterocycles. The summed E-state index contributed by atoms with van der Waals surface area (Å²) < 4.78 is 0. The Morgan fingerprint density at radius 3 is 2.74 bits per heavy atom. The minimum absolute atomic E-state index is 0.365. The number of nitrogens with two attached hydrogens (primary N) is 1. The number of hydrogen-bond donors (Lipinski definition) is 3. The van der Waals surface area contributed by atoms with Crippen molar-refractivity contribution in [1.82, 2.24) is 15.5 Å². The van der Waals surface area contributed by atoms with Gasteiger partial charge in [0.2, 0.25) is 5.91 Å². The Balaban J connectivity index is 1.57. The van der Waals surface area contributed by atoms with Gasteiger partial charge in [0.25, 0.3) is 0 Å². The maximum atomic E-state index is 11.3. The van der Waals surface area contributed by atoms with Crippen LogP contribution in [0.2, 0.25) is 0 Å². The number of rotatable bonds is 7. The summed E-state index contributed by atoms with van der Waals surface area (Å²) in [6.45, 7) is 3.68. The van der Waals surface area contributed by atoms with Crippen LogP contribution in [0.3, 0.4) is 0 Å². The van der Waals surface area contributed by atoms with Crippen molar-refractivity contribution in [3.8, 4) is 0 Å². The summed E-state index contributed by atoms with van der Waals surface area (Å²) in [6.07, 6.45) is 2.54. The van der Waals surface area contributed by atoms with E-state index in [0.29, 0.717) is 18.2 Å². The second-order valence-electron chi connectivity index (χ2n) is 6.65. The topological polar surface area (TPSA) is 82.7 Å². The zero-order valence-corrected chi connectivity index (χ0v) is 16.5. The number of carbonyl (C=O) groups is 1. The third-order valence-electron chi connectivity index (χ3n) is 4.81. The number of amides is 1. The van der Waals surface area contributed by atoms with Gasteiger partial charge in [-0.05, 0) is 55.1 Å². The highest BCUT2D eigenvalue weighted by atomic mass is 32.1. The summed E-state index contributed by atoms with van der Waals surface area (Å²) >= 11 is 1.81. The third-order valence-corrected chi connectivity index (χ3v) is 5.78. The van der Waals surface area contributed by atoms with E-state index in [1.54, 1.807) is 30.5 Å². The van der Waals surface area contributed by atoms with Crippen LogP contribution >= 0.6 is 11.3 Å². The summed E-state index contributed by atoms with van der Waals surface area (Å²) in [6, 6.07) is 12.0. The van der Waals surface area contributed by atoms with Gasteiger partial charge in [0.05, 0.1) is 6.04 Å². The molecular formula is C20H27N5OS. The van der Waals surface area contributed by atoms with Crippen molar-refractivity contribution < 1.29 is 4.79 Å². The number of thiophene rings is 1. The van der Waals surface area contributed by atoms with E-state index < -0.39 is 5.91 Å². The SMILES string of the molecule is CN=C(NCc1cccc(C(N)=O)c1)NCC(c1cccs1)N1CCCC1. The molecule has 1 aromatic heterocycles. The van der Waals surface area contributed by atoms with Gasteiger partial charge < -0.3 is 16.4 Å². The number of carbonyl (C=O) groups excluding carboxylic acids is 1. The van der Waals surface area contributed by atoms with E-state index in [4.69, 9.17) is 5.73 Å². The Labute approximate surface area is 164 Å². The van der Waals surface area contributed by atoms with Crippen LogP contribution in [0.25, 0.3) is 0 Å². The first-order chi connectivity index (χ1) is 13.2. The Morgan fingerprint density at radius 1 is 1.26 bits per heavy atom. The van der Waals surface area contributed by atoms with Gasteiger partial charge in [0, 0.05) is 30.6 Å². The van der Waals surface area contributed by atoms with Crippen LogP contribution < -0.4 is 16.4 Å². The highest BCUT2D eigenvalue weighted by Crippen LogP contribution is 2.27. The highest BCUT2D eigenvalue weighted by molar-refractivity contribution is 7.10. The van der Waals surface area contributed by atoms with Crippen LogP contribution in [0.4, 0.5) is 0 Å². The Bertz CT molecular complexity index is 768. The molecule has 1 amide bonds. The van der Waals surface area contributed by atoms with Crippen molar-refractivity contribution in [2.45, 2.75) is 25.4 Å². The molecule has 1 aliphatic rings. The van der Waals surface area contributed by atoms with Gasteiger partial charge in [0.1, 0.15) is 0 Å². The van der Waals surface area contributed by atoms with Crippen LogP contribution in [0.5, 0.6) is 0 Å². The Morgan fingerprint density at radius 2 is 2.07 bits per heavy atom. The highest BCUT2D eigenvalue weighted by Gasteiger charge is 2.24. The Kier molecular flexibility index (Phi) is 6.84. The average molecular weight is 386 g/mol. The van der Waals surface area contributed by atoms with Crippen molar-refractivity contribution in [3.63, 3.8) is 0 Å². The van der Waals surface area contributed by atoms with Crippen LogP contribution in [-0.2, 0) is 6.54 Å². The fourth-order valence-corrected chi connectivity index (χ4v) is 4.24. The van der Waals surface area contributed by atoms with Crippen molar-refractivity contribution in [2.75, 3.05) is 26.7 Å². The largest absolute Gasteiger partial charge is 0.366 e.